The van der Waals surface area contributed by atoms with Crippen molar-refractivity contribution in [1.82, 2.24) is 0 Å². The molecule has 0 saturated carbocycles. The maximum atomic E-state index is 9.90. The van der Waals surface area contributed by atoms with Gasteiger partial charge in [-0.05, 0) is 12.8 Å². The summed E-state index contributed by atoms with van der Waals surface area (Å²) in [5.74, 6) is 0. The van der Waals surface area contributed by atoms with Gasteiger partial charge in [0.25, 0.3) is 0 Å². The van der Waals surface area contributed by atoms with Crippen LogP contribution < -0.4 is 0 Å². The summed E-state index contributed by atoms with van der Waals surface area (Å²) in [5, 5.41) is 19.8. The average molecular weight is 287 g/mol. The maximum Gasteiger partial charge on any atom is 0.0799 e. The van der Waals surface area contributed by atoms with Crippen LogP contribution in [0.3, 0.4) is 0 Å². The number of unbranched alkanes of at least 4 members (excludes halogenated alkanes) is 10. The molecule has 0 aromatic heterocycles. The minimum absolute atomic E-state index is 0.503. The Balaban J connectivity index is 3.31. The highest BCUT2D eigenvalue weighted by molar-refractivity contribution is 4.67. The number of hydrogen-bond donors (Lipinski definition) is 2. The van der Waals surface area contributed by atoms with Crippen molar-refractivity contribution in [3.8, 4) is 0 Å². The Labute approximate surface area is 127 Å². The molecule has 0 spiro atoms. The maximum absolute atomic E-state index is 9.90. The molecule has 0 aromatic rings. The smallest absolute Gasteiger partial charge is 0.0799 e. The molecule has 2 N–H and O–H groups in total. The Hall–Kier alpha value is -0.0800. The summed E-state index contributed by atoms with van der Waals surface area (Å²) in [7, 11) is 0. The van der Waals surface area contributed by atoms with Gasteiger partial charge in [-0.2, -0.15) is 0 Å². The van der Waals surface area contributed by atoms with E-state index in [4.69, 9.17) is 0 Å². The second-order valence-corrected chi connectivity index (χ2v) is 6.25. The normalized spacial score (nSPS) is 14.4. The van der Waals surface area contributed by atoms with E-state index in [9.17, 15) is 10.2 Å². The van der Waals surface area contributed by atoms with Crippen molar-refractivity contribution in [2.45, 2.75) is 116 Å². The van der Waals surface area contributed by atoms with Crippen molar-refractivity contribution >= 4 is 0 Å². The Morgan fingerprint density at radius 2 is 0.800 bits per heavy atom. The van der Waals surface area contributed by atoms with Crippen LogP contribution in [0.25, 0.3) is 0 Å². The first kappa shape index (κ1) is 19.9. The fraction of sp³-hybridized carbons (Fsp3) is 1.00. The van der Waals surface area contributed by atoms with Gasteiger partial charge in [0.2, 0.25) is 0 Å². The predicted octanol–water partition coefficient (Wildman–Crippen LogP) is 5.21. The molecular formula is C18H38O2. The standard InChI is InChI=1S/C18H38O2/c1-3-5-7-9-10-11-12-14-16-18(20)17(19)15-13-8-6-4-2/h17-20H,3-16H2,1-2H3. The zero-order valence-electron chi connectivity index (χ0n) is 13.9. The lowest BCUT2D eigenvalue weighted by Crippen LogP contribution is -2.25. The summed E-state index contributed by atoms with van der Waals surface area (Å²) >= 11 is 0. The number of rotatable bonds is 15. The van der Waals surface area contributed by atoms with Crippen molar-refractivity contribution in [2.75, 3.05) is 0 Å². The lowest BCUT2D eigenvalue weighted by molar-refractivity contribution is 0.00713. The third-order valence-electron chi connectivity index (χ3n) is 4.15. The first-order valence-corrected chi connectivity index (χ1v) is 9.08. The van der Waals surface area contributed by atoms with Crippen molar-refractivity contribution in [3.05, 3.63) is 0 Å². The molecule has 0 aliphatic heterocycles. The fourth-order valence-electron chi connectivity index (χ4n) is 2.65. The summed E-state index contributed by atoms with van der Waals surface area (Å²) in [4.78, 5) is 0. The number of aliphatic hydroxyl groups excluding tert-OH is 2. The van der Waals surface area contributed by atoms with E-state index in [1.54, 1.807) is 0 Å². The molecule has 20 heavy (non-hydrogen) atoms. The predicted molar refractivity (Wildman–Crippen MR) is 88.0 cm³/mol. The van der Waals surface area contributed by atoms with Crippen molar-refractivity contribution < 1.29 is 10.2 Å². The Kier molecular flexibility index (Phi) is 15.3. The average Bonchev–Trinajstić information content (AvgIpc) is 2.46. The highest BCUT2D eigenvalue weighted by Gasteiger charge is 2.14. The molecule has 2 unspecified atom stereocenters. The third kappa shape index (κ3) is 12.9. The second-order valence-electron chi connectivity index (χ2n) is 6.25. The summed E-state index contributed by atoms with van der Waals surface area (Å²) in [6.07, 6.45) is 15.5. The van der Waals surface area contributed by atoms with Crippen LogP contribution in [0.1, 0.15) is 104 Å². The molecule has 2 heteroatoms. The van der Waals surface area contributed by atoms with Crippen LogP contribution in [0.15, 0.2) is 0 Å². The molecule has 0 rings (SSSR count). The Morgan fingerprint density at radius 1 is 0.500 bits per heavy atom. The van der Waals surface area contributed by atoms with Gasteiger partial charge in [0.1, 0.15) is 0 Å². The van der Waals surface area contributed by atoms with E-state index >= 15 is 0 Å². The van der Waals surface area contributed by atoms with Gasteiger partial charge in [-0.15, -0.1) is 0 Å². The van der Waals surface area contributed by atoms with Crippen LogP contribution in [0, 0.1) is 0 Å². The van der Waals surface area contributed by atoms with Gasteiger partial charge in [-0.25, -0.2) is 0 Å². The van der Waals surface area contributed by atoms with E-state index < -0.39 is 12.2 Å². The molecule has 0 amide bonds. The van der Waals surface area contributed by atoms with Gasteiger partial charge in [-0.1, -0.05) is 90.9 Å². The lowest BCUT2D eigenvalue weighted by Gasteiger charge is -2.17. The van der Waals surface area contributed by atoms with Crippen molar-refractivity contribution in [2.24, 2.45) is 0 Å². The molecule has 0 aliphatic rings. The topological polar surface area (TPSA) is 40.5 Å². The van der Waals surface area contributed by atoms with Gasteiger partial charge in [-0.3, -0.25) is 0 Å². The highest BCUT2D eigenvalue weighted by atomic mass is 16.3. The zero-order chi connectivity index (χ0) is 15.1. The van der Waals surface area contributed by atoms with E-state index in [-0.39, 0.29) is 0 Å². The molecule has 0 radical (unpaired) electrons. The van der Waals surface area contributed by atoms with E-state index in [1.165, 1.54) is 64.2 Å². The van der Waals surface area contributed by atoms with E-state index in [0.717, 1.165) is 25.7 Å². The second kappa shape index (κ2) is 15.3. The Morgan fingerprint density at radius 3 is 1.20 bits per heavy atom. The van der Waals surface area contributed by atoms with E-state index in [1.807, 2.05) is 0 Å². The zero-order valence-corrected chi connectivity index (χ0v) is 13.9. The summed E-state index contributed by atoms with van der Waals surface area (Å²) in [6, 6.07) is 0. The van der Waals surface area contributed by atoms with Crippen molar-refractivity contribution in [1.29, 1.82) is 0 Å². The minimum Gasteiger partial charge on any atom is -0.390 e. The molecule has 0 aromatic carbocycles. The number of aliphatic hydroxyl groups is 2. The number of hydrogen-bond acceptors (Lipinski definition) is 2. The van der Waals surface area contributed by atoms with Crippen LogP contribution in [0.4, 0.5) is 0 Å². The van der Waals surface area contributed by atoms with Crippen LogP contribution in [0.5, 0.6) is 0 Å². The van der Waals surface area contributed by atoms with Gasteiger partial charge < -0.3 is 10.2 Å². The fourth-order valence-corrected chi connectivity index (χ4v) is 2.65. The molecule has 122 valence electrons. The highest BCUT2D eigenvalue weighted by Crippen LogP contribution is 2.14. The minimum atomic E-state index is -0.503. The van der Waals surface area contributed by atoms with Crippen LogP contribution in [0.2, 0.25) is 0 Å². The van der Waals surface area contributed by atoms with Crippen LogP contribution in [-0.4, -0.2) is 22.4 Å². The third-order valence-corrected chi connectivity index (χ3v) is 4.15. The van der Waals surface area contributed by atoms with E-state index in [0.29, 0.717) is 0 Å². The molecular weight excluding hydrogens is 248 g/mol. The first-order valence-electron chi connectivity index (χ1n) is 9.08. The summed E-state index contributed by atoms with van der Waals surface area (Å²) in [6.45, 7) is 4.43. The quantitative estimate of drug-likeness (QED) is 0.406. The first-order chi connectivity index (χ1) is 9.72. The van der Waals surface area contributed by atoms with Crippen LogP contribution in [-0.2, 0) is 0 Å². The van der Waals surface area contributed by atoms with Crippen LogP contribution >= 0.6 is 0 Å². The molecule has 2 nitrogen and oxygen atoms in total. The van der Waals surface area contributed by atoms with Gasteiger partial charge >= 0.3 is 0 Å². The van der Waals surface area contributed by atoms with Crippen molar-refractivity contribution in [3.63, 3.8) is 0 Å². The SMILES string of the molecule is CCCCCCCCCCC(O)C(O)CCCCCC. The van der Waals surface area contributed by atoms with E-state index in [2.05, 4.69) is 13.8 Å². The monoisotopic (exact) mass is 286 g/mol. The summed E-state index contributed by atoms with van der Waals surface area (Å²) in [5.41, 5.74) is 0. The molecule has 0 bridgehead atoms. The molecule has 0 fully saturated rings. The largest absolute Gasteiger partial charge is 0.390 e. The Bertz CT molecular complexity index is 182. The van der Waals surface area contributed by atoms with Gasteiger partial charge in [0.05, 0.1) is 12.2 Å². The lowest BCUT2D eigenvalue weighted by atomic mass is 10.00. The molecule has 0 heterocycles. The summed E-state index contributed by atoms with van der Waals surface area (Å²) < 4.78 is 0. The molecule has 2 atom stereocenters. The molecule has 0 saturated heterocycles. The van der Waals surface area contributed by atoms with Gasteiger partial charge in [0.15, 0.2) is 0 Å². The van der Waals surface area contributed by atoms with Gasteiger partial charge in [0, 0.05) is 0 Å². The molecule has 0 aliphatic carbocycles.